The maximum absolute atomic E-state index is 5.84. The second-order valence-corrected chi connectivity index (χ2v) is 4.43. The first-order valence-corrected chi connectivity index (χ1v) is 6.25. The van der Waals surface area contributed by atoms with E-state index in [1.807, 2.05) is 0 Å². The Hall–Kier alpha value is -0.560. The molecule has 2 atom stereocenters. The number of likely N-dealkylation sites (N-methyl/N-ethyl adjacent to an activating group) is 2. The van der Waals surface area contributed by atoms with Gasteiger partial charge >= 0.3 is 0 Å². The summed E-state index contributed by atoms with van der Waals surface area (Å²) in [5.41, 5.74) is 0. The Morgan fingerprint density at radius 3 is 3.06 bits per heavy atom. The van der Waals surface area contributed by atoms with Crippen LogP contribution in [0.4, 0.5) is 0 Å². The standard InChI is InChI=1S/C13H24N2O/c1-4-6-7-8-12(14-5-2)13-11-15(3)9-10-16-13/h1,12-14H,5-11H2,2-3H3. The van der Waals surface area contributed by atoms with Crippen molar-refractivity contribution in [3.05, 3.63) is 0 Å². The molecule has 0 saturated carbocycles. The van der Waals surface area contributed by atoms with Crippen LogP contribution in [0.25, 0.3) is 0 Å². The molecule has 1 aliphatic heterocycles. The summed E-state index contributed by atoms with van der Waals surface area (Å²) >= 11 is 0. The molecule has 2 unspecified atom stereocenters. The lowest BCUT2D eigenvalue weighted by molar-refractivity contribution is -0.0398. The van der Waals surface area contributed by atoms with Gasteiger partial charge in [-0.15, -0.1) is 12.3 Å². The Bertz CT molecular complexity index is 224. The van der Waals surface area contributed by atoms with E-state index in [0.717, 1.165) is 45.5 Å². The number of morpholine rings is 1. The summed E-state index contributed by atoms with van der Waals surface area (Å²) in [5, 5.41) is 3.51. The van der Waals surface area contributed by atoms with Crippen LogP contribution in [0.15, 0.2) is 0 Å². The van der Waals surface area contributed by atoms with E-state index >= 15 is 0 Å². The first-order chi connectivity index (χ1) is 7.77. The molecule has 1 fully saturated rings. The Morgan fingerprint density at radius 2 is 2.44 bits per heavy atom. The smallest absolute Gasteiger partial charge is 0.0855 e. The lowest BCUT2D eigenvalue weighted by Gasteiger charge is -2.35. The molecule has 0 radical (unpaired) electrons. The van der Waals surface area contributed by atoms with Gasteiger partial charge in [0, 0.05) is 25.6 Å². The molecule has 0 aromatic heterocycles. The van der Waals surface area contributed by atoms with Gasteiger partial charge in [-0.05, 0) is 26.4 Å². The summed E-state index contributed by atoms with van der Waals surface area (Å²) < 4.78 is 5.84. The van der Waals surface area contributed by atoms with Gasteiger partial charge in [0.15, 0.2) is 0 Å². The highest BCUT2D eigenvalue weighted by Crippen LogP contribution is 2.12. The highest BCUT2D eigenvalue weighted by Gasteiger charge is 2.25. The van der Waals surface area contributed by atoms with Crippen LogP contribution in [0.1, 0.15) is 26.2 Å². The zero-order chi connectivity index (χ0) is 11.8. The quantitative estimate of drug-likeness (QED) is 0.540. The summed E-state index contributed by atoms with van der Waals surface area (Å²) in [5.74, 6) is 2.70. The first-order valence-electron chi connectivity index (χ1n) is 6.25. The molecule has 1 heterocycles. The first kappa shape index (κ1) is 13.5. The van der Waals surface area contributed by atoms with Gasteiger partial charge in [0.25, 0.3) is 0 Å². The van der Waals surface area contributed by atoms with Gasteiger partial charge in [-0.1, -0.05) is 6.92 Å². The van der Waals surface area contributed by atoms with Crippen LogP contribution in [0, 0.1) is 12.3 Å². The van der Waals surface area contributed by atoms with Crippen molar-refractivity contribution in [2.75, 3.05) is 33.3 Å². The molecular weight excluding hydrogens is 200 g/mol. The predicted octanol–water partition coefficient (Wildman–Crippen LogP) is 1.10. The highest BCUT2D eigenvalue weighted by molar-refractivity contribution is 4.86. The number of ether oxygens (including phenoxy) is 1. The molecule has 0 bridgehead atoms. The zero-order valence-corrected chi connectivity index (χ0v) is 10.5. The summed E-state index contributed by atoms with van der Waals surface area (Å²) in [6.07, 6.45) is 8.65. The van der Waals surface area contributed by atoms with Crippen LogP contribution in [0.3, 0.4) is 0 Å². The normalized spacial score (nSPS) is 23.9. The second kappa shape index (κ2) is 7.67. The largest absolute Gasteiger partial charge is 0.374 e. The average Bonchev–Trinajstić information content (AvgIpc) is 2.28. The number of nitrogens with one attached hydrogen (secondary N) is 1. The van der Waals surface area contributed by atoms with Gasteiger partial charge in [0.2, 0.25) is 0 Å². The minimum atomic E-state index is 0.316. The lowest BCUT2D eigenvalue weighted by atomic mass is 10.0. The van der Waals surface area contributed by atoms with Crippen molar-refractivity contribution < 1.29 is 4.74 Å². The topological polar surface area (TPSA) is 24.5 Å². The molecule has 0 aliphatic carbocycles. The number of terminal acetylenes is 1. The van der Waals surface area contributed by atoms with Crippen LogP contribution in [-0.2, 0) is 4.74 Å². The fourth-order valence-electron chi connectivity index (χ4n) is 2.16. The van der Waals surface area contributed by atoms with Crippen molar-refractivity contribution in [3.8, 4) is 12.3 Å². The Kier molecular flexibility index (Phi) is 6.47. The molecule has 1 N–H and O–H groups in total. The molecule has 92 valence electrons. The van der Waals surface area contributed by atoms with Crippen LogP contribution in [0.2, 0.25) is 0 Å². The van der Waals surface area contributed by atoms with Crippen LogP contribution in [0.5, 0.6) is 0 Å². The summed E-state index contributed by atoms with van der Waals surface area (Å²) in [4.78, 5) is 2.33. The summed E-state index contributed by atoms with van der Waals surface area (Å²) in [6.45, 7) is 6.04. The molecular formula is C13H24N2O. The minimum absolute atomic E-state index is 0.316. The minimum Gasteiger partial charge on any atom is -0.374 e. The number of nitrogens with zero attached hydrogens (tertiary/aromatic N) is 1. The fourth-order valence-corrected chi connectivity index (χ4v) is 2.16. The highest BCUT2D eigenvalue weighted by atomic mass is 16.5. The number of hydrogen-bond acceptors (Lipinski definition) is 3. The SMILES string of the molecule is C#CCCCC(NCC)C1CN(C)CCO1. The second-order valence-electron chi connectivity index (χ2n) is 4.43. The van der Waals surface area contributed by atoms with Crippen LogP contribution in [-0.4, -0.2) is 50.3 Å². The molecule has 1 rings (SSSR count). The van der Waals surface area contributed by atoms with Gasteiger partial charge in [-0.3, -0.25) is 0 Å². The number of hydrogen-bond donors (Lipinski definition) is 1. The predicted molar refractivity (Wildman–Crippen MR) is 67.4 cm³/mol. The van der Waals surface area contributed by atoms with Crippen molar-refractivity contribution >= 4 is 0 Å². The van der Waals surface area contributed by atoms with Crippen molar-refractivity contribution in [1.29, 1.82) is 0 Å². The van der Waals surface area contributed by atoms with Crippen molar-refractivity contribution in [2.24, 2.45) is 0 Å². The van der Waals surface area contributed by atoms with E-state index in [4.69, 9.17) is 11.2 Å². The monoisotopic (exact) mass is 224 g/mol. The third kappa shape index (κ3) is 4.52. The summed E-state index contributed by atoms with van der Waals surface area (Å²) in [7, 11) is 2.15. The van der Waals surface area contributed by atoms with E-state index in [0.29, 0.717) is 12.1 Å². The fraction of sp³-hybridized carbons (Fsp3) is 0.846. The van der Waals surface area contributed by atoms with E-state index in [1.54, 1.807) is 0 Å². The van der Waals surface area contributed by atoms with E-state index in [1.165, 1.54) is 0 Å². The molecule has 3 nitrogen and oxygen atoms in total. The lowest BCUT2D eigenvalue weighted by Crippen LogP contribution is -2.51. The number of unbranched alkanes of at least 4 members (excludes halogenated alkanes) is 1. The van der Waals surface area contributed by atoms with Gasteiger partial charge < -0.3 is 15.0 Å². The molecule has 3 heteroatoms. The Labute approximate surface area is 99.5 Å². The third-order valence-electron chi connectivity index (χ3n) is 3.05. The molecule has 0 aromatic rings. The molecule has 0 aromatic carbocycles. The van der Waals surface area contributed by atoms with E-state index in [2.05, 4.69) is 30.1 Å². The molecule has 1 aliphatic rings. The average molecular weight is 224 g/mol. The van der Waals surface area contributed by atoms with E-state index < -0.39 is 0 Å². The van der Waals surface area contributed by atoms with E-state index in [-0.39, 0.29) is 0 Å². The maximum Gasteiger partial charge on any atom is 0.0855 e. The van der Waals surface area contributed by atoms with Gasteiger partial charge in [0.1, 0.15) is 0 Å². The molecule has 1 saturated heterocycles. The van der Waals surface area contributed by atoms with Gasteiger partial charge in [0.05, 0.1) is 12.7 Å². The summed E-state index contributed by atoms with van der Waals surface area (Å²) in [6, 6.07) is 0.445. The zero-order valence-electron chi connectivity index (χ0n) is 10.5. The van der Waals surface area contributed by atoms with Crippen molar-refractivity contribution in [3.63, 3.8) is 0 Å². The van der Waals surface area contributed by atoms with Crippen molar-refractivity contribution in [2.45, 2.75) is 38.3 Å². The van der Waals surface area contributed by atoms with Crippen LogP contribution >= 0.6 is 0 Å². The van der Waals surface area contributed by atoms with Crippen molar-refractivity contribution in [1.82, 2.24) is 10.2 Å². The van der Waals surface area contributed by atoms with Crippen LogP contribution < -0.4 is 5.32 Å². The maximum atomic E-state index is 5.84. The van der Waals surface area contributed by atoms with E-state index in [9.17, 15) is 0 Å². The number of rotatable bonds is 6. The molecule has 0 spiro atoms. The molecule has 0 amide bonds. The molecule has 16 heavy (non-hydrogen) atoms. The third-order valence-corrected chi connectivity index (χ3v) is 3.05. The van der Waals surface area contributed by atoms with Gasteiger partial charge in [-0.25, -0.2) is 0 Å². The Morgan fingerprint density at radius 1 is 1.62 bits per heavy atom. The van der Waals surface area contributed by atoms with Gasteiger partial charge in [-0.2, -0.15) is 0 Å². The Balaban J connectivity index is 2.38.